The molecule has 8 nitrogen and oxygen atoms in total. The average Bonchev–Trinajstić information content (AvgIpc) is 3.23. The van der Waals surface area contributed by atoms with Crippen LogP contribution in [0.25, 0.3) is 10.9 Å². The van der Waals surface area contributed by atoms with E-state index in [0.717, 1.165) is 10.9 Å². The fraction of sp³-hybridized carbons (Fsp3) is 0.286. The second kappa shape index (κ2) is 7.83. The number of amides is 2. The van der Waals surface area contributed by atoms with E-state index >= 15 is 0 Å². The molecule has 1 aliphatic heterocycles. The Morgan fingerprint density at radius 3 is 2.10 bits per heavy atom. The molecule has 0 atom stereocenters. The van der Waals surface area contributed by atoms with Crippen LogP contribution in [0.2, 0.25) is 0 Å². The van der Waals surface area contributed by atoms with Crippen molar-refractivity contribution in [3.8, 4) is 11.5 Å². The maximum Gasteiger partial charge on any atom is 0.270 e. The minimum Gasteiger partial charge on any atom is -0.496 e. The number of nitrogens with one attached hydrogen (secondary N) is 1. The van der Waals surface area contributed by atoms with Crippen LogP contribution in [0.5, 0.6) is 11.5 Å². The summed E-state index contributed by atoms with van der Waals surface area (Å²) in [5.41, 5.74) is 1.80. The van der Waals surface area contributed by atoms with Gasteiger partial charge in [-0.2, -0.15) is 0 Å². The first kappa shape index (κ1) is 18.8. The molecule has 2 aromatic heterocycles. The van der Waals surface area contributed by atoms with Gasteiger partial charge in [-0.1, -0.05) is 0 Å². The summed E-state index contributed by atoms with van der Waals surface area (Å²) in [4.78, 5) is 36.2. The van der Waals surface area contributed by atoms with E-state index in [9.17, 15) is 9.59 Å². The number of rotatable bonds is 4. The number of carbonyl (C=O) groups excluding carboxylic acids is 2. The zero-order chi connectivity index (χ0) is 20.4. The Kier molecular flexibility index (Phi) is 5.07. The van der Waals surface area contributed by atoms with Crippen molar-refractivity contribution in [2.45, 2.75) is 0 Å². The van der Waals surface area contributed by atoms with Gasteiger partial charge in [0.15, 0.2) is 0 Å². The molecule has 0 saturated carbocycles. The van der Waals surface area contributed by atoms with Crippen LogP contribution in [0, 0.1) is 0 Å². The van der Waals surface area contributed by atoms with E-state index in [4.69, 9.17) is 9.47 Å². The molecule has 0 bridgehead atoms. The number of aromatic nitrogens is 2. The van der Waals surface area contributed by atoms with Crippen molar-refractivity contribution < 1.29 is 19.1 Å². The van der Waals surface area contributed by atoms with E-state index in [0.29, 0.717) is 48.9 Å². The summed E-state index contributed by atoms with van der Waals surface area (Å²) < 4.78 is 10.8. The highest BCUT2D eigenvalue weighted by Gasteiger charge is 2.27. The SMILES string of the molecule is COc1ccc(OC)c2[nH]c(C(=O)N3CCN(C(=O)c4ccncc4)CC3)cc12. The van der Waals surface area contributed by atoms with Crippen molar-refractivity contribution in [1.29, 1.82) is 0 Å². The molecular formula is C21H22N4O4. The van der Waals surface area contributed by atoms with Crippen molar-refractivity contribution in [2.24, 2.45) is 0 Å². The third kappa shape index (κ3) is 3.49. The molecule has 2 amide bonds. The summed E-state index contributed by atoms with van der Waals surface area (Å²) in [6.07, 6.45) is 3.21. The van der Waals surface area contributed by atoms with Crippen LogP contribution in [0.3, 0.4) is 0 Å². The third-order valence-corrected chi connectivity index (χ3v) is 5.17. The van der Waals surface area contributed by atoms with Gasteiger partial charge in [-0.15, -0.1) is 0 Å². The first-order chi connectivity index (χ1) is 14.1. The Morgan fingerprint density at radius 2 is 1.48 bits per heavy atom. The first-order valence-electron chi connectivity index (χ1n) is 9.34. The number of benzene rings is 1. The molecule has 1 aromatic carbocycles. The maximum absolute atomic E-state index is 13.0. The standard InChI is InChI=1S/C21H22N4O4/c1-28-17-3-4-18(29-2)19-15(17)13-16(23-19)21(27)25-11-9-24(10-12-25)20(26)14-5-7-22-8-6-14/h3-8,13,23H,9-12H2,1-2H3. The van der Waals surface area contributed by atoms with Crippen LogP contribution in [0.15, 0.2) is 42.7 Å². The van der Waals surface area contributed by atoms with Gasteiger partial charge in [-0.3, -0.25) is 14.6 Å². The number of H-pyrrole nitrogens is 1. The van der Waals surface area contributed by atoms with Gasteiger partial charge in [0.1, 0.15) is 17.2 Å². The minimum atomic E-state index is -0.110. The molecule has 29 heavy (non-hydrogen) atoms. The van der Waals surface area contributed by atoms with Gasteiger partial charge < -0.3 is 24.3 Å². The molecule has 8 heteroatoms. The van der Waals surface area contributed by atoms with Crippen LogP contribution in [-0.2, 0) is 0 Å². The molecule has 1 aliphatic rings. The Balaban J connectivity index is 1.49. The van der Waals surface area contributed by atoms with E-state index in [2.05, 4.69) is 9.97 Å². The second-order valence-corrected chi connectivity index (χ2v) is 6.76. The van der Waals surface area contributed by atoms with Crippen molar-refractivity contribution in [3.05, 3.63) is 54.0 Å². The Labute approximate surface area is 168 Å². The lowest BCUT2D eigenvalue weighted by molar-refractivity contribution is 0.0533. The fourth-order valence-corrected chi connectivity index (χ4v) is 3.59. The fourth-order valence-electron chi connectivity index (χ4n) is 3.59. The van der Waals surface area contributed by atoms with Gasteiger partial charge in [-0.05, 0) is 30.3 Å². The summed E-state index contributed by atoms with van der Waals surface area (Å²) >= 11 is 0. The van der Waals surface area contributed by atoms with Crippen molar-refractivity contribution in [2.75, 3.05) is 40.4 Å². The normalized spacial score (nSPS) is 14.1. The van der Waals surface area contributed by atoms with Crippen LogP contribution < -0.4 is 9.47 Å². The van der Waals surface area contributed by atoms with E-state index < -0.39 is 0 Å². The lowest BCUT2D eigenvalue weighted by atomic mass is 10.2. The molecule has 3 aromatic rings. The lowest BCUT2D eigenvalue weighted by Crippen LogP contribution is -2.50. The highest BCUT2D eigenvalue weighted by Crippen LogP contribution is 2.33. The molecule has 0 unspecified atom stereocenters. The van der Waals surface area contributed by atoms with E-state index in [1.807, 2.05) is 6.07 Å². The topological polar surface area (TPSA) is 87.8 Å². The van der Waals surface area contributed by atoms with Gasteiger partial charge in [0.25, 0.3) is 11.8 Å². The van der Waals surface area contributed by atoms with E-state index in [1.165, 1.54) is 0 Å². The number of nitrogens with zero attached hydrogens (tertiary/aromatic N) is 3. The molecule has 1 saturated heterocycles. The molecule has 0 spiro atoms. The van der Waals surface area contributed by atoms with Gasteiger partial charge in [-0.25, -0.2) is 0 Å². The minimum absolute atomic E-state index is 0.0421. The highest BCUT2D eigenvalue weighted by molar-refractivity contribution is 6.01. The lowest BCUT2D eigenvalue weighted by Gasteiger charge is -2.34. The predicted molar refractivity (Wildman–Crippen MR) is 107 cm³/mol. The first-order valence-corrected chi connectivity index (χ1v) is 9.34. The van der Waals surface area contributed by atoms with Gasteiger partial charge in [0.05, 0.1) is 19.7 Å². The quantitative estimate of drug-likeness (QED) is 0.733. The average molecular weight is 394 g/mol. The summed E-state index contributed by atoms with van der Waals surface area (Å²) in [6, 6.07) is 8.80. The number of hydrogen-bond acceptors (Lipinski definition) is 5. The van der Waals surface area contributed by atoms with Gasteiger partial charge >= 0.3 is 0 Å². The van der Waals surface area contributed by atoms with Crippen LogP contribution in [0.4, 0.5) is 0 Å². The maximum atomic E-state index is 13.0. The number of methoxy groups -OCH3 is 2. The Morgan fingerprint density at radius 1 is 0.897 bits per heavy atom. The van der Waals surface area contributed by atoms with Crippen molar-refractivity contribution >= 4 is 22.7 Å². The molecule has 150 valence electrons. The zero-order valence-electron chi connectivity index (χ0n) is 16.3. The summed E-state index contributed by atoms with van der Waals surface area (Å²) in [5.74, 6) is 1.16. The molecule has 1 fully saturated rings. The molecule has 0 aliphatic carbocycles. The van der Waals surface area contributed by atoms with Crippen molar-refractivity contribution in [3.63, 3.8) is 0 Å². The Bertz CT molecular complexity index is 999. The number of pyridine rings is 1. The number of fused-ring (bicyclic) bond motifs is 1. The molecular weight excluding hydrogens is 372 g/mol. The molecule has 0 radical (unpaired) electrons. The van der Waals surface area contributed by atoms with Crippen LogP contribution in [-0.4, -0.2) is 72.0 Å². The smallest absolute Gasteiger partial charge is 0.270 e. The largest absolute Gasteiger partial charge is 0.496 e. The number of aromatic amines is 1. The van der Waals surface area contributed by atoms with Crippen molar-refractivity contribution in [1.82, 2.24) is 19.8 Å². The highest BCUT2D eigenvalue weighted by atomic mass is 16.5. The molecule has 3 heterocycles. The number of piperazine rings is 1. The van der Waals surface area contributed by atoms with Gasteiger partial charge in [0.2, 0.25) is 0 Å². The van der Waals surface area contributed by atoms with E-state index in [-0.39, 0.29) is 11.8 Å². The number of ether oxygens (including phenoxy) is 2. The summed E-state index contributed by atoms with van der Waals surface area (Å²) in [7, 11) is 3.18. The Hall–Kier alpha value is -3.55. The molecule has 4 rings (SSSR count). The monoisotopic (exact) mass is 394 g/mol. The van der Waals surface area contributed by atoms with Gasteiger partial charge in [0, 0.05) is 49.5 Å². The third-order valence-electron chi connectivity index (χ3n) is 5.17. The van der Waals surface area contributed by atoms with Crippen LogP contribution >= 0.6 is 0 Å². The second-order valence-electron chi connectivity index (χ2n) is 6.76. The summed E-state index contributed by atoms with van der Waals surface area (Å²) in [5, 5.41) is 0.793. The van der Waals surface area contributed by atoms with E-state index in [1.54, 1.807) is 60.7 Å². The molecule has 1 N–H and O–H groups in total. The summed E-state index contributed by atoms with van der Waals surface area (Å²) in [6.45, 7) is 1.91. The number of hydrogen-bond donors (Lipinski definition) is 1. The number of carbonyl (C=O) groups is 2. The zero-order valence-corrected chi connectivity index (χ0v) is 16.3. The predicted octanol–water partition coefficient (Wildman–Crippen LogP) is 2.18. The van der Waals surface area contributed by atoms with Crippen LogP contribution in [0.1, 0.15) is 20.8 Å².